The Bertz CT molecular complexity index is 699. The second-order valence-electron chi connectivity index (χ2n) is 5.41. The first-order valence-electron chi connectivity index (χ1n) is 7.86. The van der Waals surface area contributed by atoms with Crippen molar-refractivity contribution in [2.45, 2.75) is 26.3 Å². The third-order valence-corrected chi connectivity index (χ3v) is 3.84. The molecule has 6 N–H and O–H groups in total. The third-order valence-electron chi connectivity index (χ3n) is 3.84. The Balaban J connectivity index is 1.97. The minimum atomic E-state index is -0.0863. The van der Waals surface area contributed by atoms with Crippen molar-refractivity contribution in [1.82, 2.24) is 10.7 Å². The van der Waals surface area contributed by atoms with Crippen molar-refractivity contribution in [1.29, 1.82) is 0 Å². The van der Waals surface area contributed by atoms with Crippen LogP contribution in [0.1, 0.15) is 30.9 Å². The number of allylic oxidation sites excluding steroid dienone is 4. The highest BCUT2D eigenvalue weighted by molar-refractivity contribution is 5.98. The molecule has 126 valence electrons. The van der Waals surface area contributed by atoms with E-state index in [0.29, 0.717) is 18.0 Å². The second kappa shape index (κ2) is 8.69. The maximum atomic E-state index is 12.3. The molecule has 1 aromatic rings. The summed E-state index contributed by atoms with van der Waals surface area (Å²) in [6.45, 7) is 2.56. The molecule has 0 aromatic heterocycles. The quantitative estimate of drug-likeness (QED) is 0.286. The van der Waals surface area contributed by atoms with E-state index in [-0.39, 0.29) is 5.91 Å². The van der Waals surface area contributed by atoms with Gasteiger partial charge in [-0.15, -0.1) is 0 Å². The lowest BCUT2D eigenvalue weighted by Gasteiger charge is -2.08. The predicted octanol–water partition coefficient (Wildman–Crippen LogP) is 1.61. The molecular formula is C18H23N5O. The van der Waals surface area contributed by atoms with E-state index >= 15 is 0 Å². The molecule has 0 radical (unpaired) electrons. The molecule has 0 saturated heterocycles. The minimum absolute atomic E-state index is 0.0863. The Hall–Kier alpha value is -2.86. The number of hydrazone groups is 1. The van der Waals surface area contributed by atoms with Gasteiger partial charge in [0.05, 0.1) is 0 Å². The average Bonchev–Trinajstić information content (AvgIpc) is 2.87. The molecule has 0 spiro atoms. The summed E-state index contributed by atoms with van der Waals surface area (Å²) < 4.78 is 0. The van der Waals surface area contributed by atoms with Gasteiger partial charge in [-0.25, -0.2) is 5.84 Å². The van der Waals surface area contributed by atoms with Crippen LogP contribution in [0, 0.1) is 0 Å². The molecule has 1 aliphatic rings. The number of nitrogens with two attached hydrogens (primary N) is 2. The van der Waals surface area contributed by atoms with Gasteiger partial charge in [-0.2, -0.15) is 5.10 Å². The molecule has 0 atom stereocenters. The van der Waals surface area contributed by atoms with E-state index in [4.69, 9.17) is 11.7 Å². The van der Waals surface area contributed by atoms with Gasteiger partial charge in [0, 0.05) is 17.7 Å². The zero-order valence-electron chi connectivity index (χ0n) is 13.8. The molecule has 6 nitrogen and oxygen atoms in total. The van der Waals surface area contributed by atoms with Gasteiger partial charge in [0.15, 0.2) is 5.84 Å². The second-order valence-corrected chi connectivity index (χ2v) is 5.41. The summed E-state index contributed by atoms with van der Waals surface area (Å²) in [7, 11) is 0. The summed E-state index contributed by atoms with van der Waals surface area (Å²) in [6, 6.07) is 7.47. The fourth-order valence-electron chi connectivity index (χ4n) is 2.34. The predicted molar refractivity (Wildman–Crippen MR) is 96.6 cm³/mol. The molecule has 2 rings (SSSR count). The molecule has 24 heavy (non-hydrogen) atoms. The van der Waals surface area contributed by atoms with Crippen molar-refractivity contribution in [3.8, 4) is 0 Å². The van der Waals surface area contributed by atoms with Crippen LogP contribution < -0.4 is 22.4 Å². The van der Waals surface area contributed by atoms with Crippen LogP contribution in [-0.4, -0.2) is 11.7 Å². The Labute approximate surface area is 142 Å². The van der Waals surface area contributed by atoms with E-state index in [9.17, 15) is 4.79 Å². The number of hydrazine groups is 1. The number of benzene rings is 1. The zero-order chi connectivity index (χ0) is 17.4. The molecular weight excluding hydrogens is 302 g/mol. The van der Waals surface area contributed by atoms with Crippen molar-refractivity contribution in [3.05, 3.63) is 70.8 Å². The van der Waals surface area contributed by atoms with Crippen LogP contribution in [-0.2, 0) is 11.3 Å². The highest BCUT2D eigenvalue weighted by Crippen LogP contribution is 2.14. The fourth-order valence-corrected chi connectivity index (χ4v) is 2.34. The fraction of sp³-hybridized carbons (Fsp3) is 0.222. The zero-order valence-corrected chi connectivity index (χ0v) is 13.8. The molecule has 6 heteroatoms. The normalized spacial score (nSPS) is 14.5. The first kappa shape index (κ1) is 17.5. The van der Waals surface area contributed by atoms with Gasteiger partial charge in [-0.05, 0) is 24.5 Å². The first-order valence-corrected chi connectivity index (χ1v) is 7.86. The van der Waals surface area contributed by atoms with Gasteiger partial charge in [0.25, 0.3) is 5.91 Å². The lowest BCUT2D eigenvalue weighted by molar-refractivity contribution is -0.117. The van der Waals surface area contributed by atoms with Gasteiger partial charge in [-0.3, -0.25) is 4.79 Å². The molecule has 0 aliphatic heterocycles. The monoisotopic (exact) mass is 325 g/mol. The number of hydrogen-bond acceptors (Lipinski definition) is 4. The van der Waals surface area contributed by atoms with Crippen LogP contribution in [0.3, 0.4) is 0 Å². The van der Waals surface area contributed by atoms with Crippen LogP contribution in [0.15, 0.2) is 64.8 Å². The van der Waals surface area contributed by atoms with E-state index in [1.807, 2.05) is 48.6 Å². The summed E-state index contributed by atoms with van der Waals surface area (Å²) >= 11 is 0. The standard InChI is InChI=1S/C18H23N5O/c1-2-13-4-3-5-16(11-6-13)18(24)21-12-14-7-9-15(10-8-14)17(22-19)23-20/h3,5-11H,2,4,12,19-20H2,1H3,(H,21,24)(H,22,23). The number of amides is 1. The van der Waals surface area contributed by atoms with Crippen molar-refractivity contribution < 1.29 is 4.79 Å². The molecule has 1 amide bonds. The van der Waals surface area contributed by atoms with Crippen LogP contribution in [0.25, 0.3) is 0 Å². The molecule has 1 aliphatic carbocycles. The Morgan fingerprint density at radius 3 is 2.62 bits per heavy atom. The molecule has 0 unspecified atom stereocenters. The van der Waals surface area contributed by atoms with Crippen LogP contribution in [0.2, 0.25) is 0 Å². The summed E-state index contributed by atoms with van der Waals surface area (Å²) in [5.41, 5.74) is 6.17. The molecule has 0 saturated carbocycles. The van der Waals surface area contributed by atoms with E-state index in [1.165, 1.54) is 5.57 Å². The van der Waals surface area contributed by atoms with Gasteiger partial charge >= 0.3 is 0 Å². The van der Waals surface area contributed by atoms with Crippen LogP contribution in [0.5, 0.6) is 0 Å². The van der Waals surface area contributed by atoms with Gasteiger partial charge in [0.2, 0.25) is 0 Å². The molecule has 0 fully saturated rings. The van der Waals surface area contributed by atoms with Crippen molar-refractivity contribution in [3.63, 3.8) is 0 Å². The summed E-state index contributed by atoms with van der Waals surface area (Å²) in [6.07, 6.45) is 9.68. The maximum absolute atomic E-state index is 12.3. The Morgan fingerprint density at radius 1 is 1.25 bits per heavy atom. The molecule has 1 aromatic carbocycles. The van der Waals surface area contributed by atoms with E-state index in [2.05, 4.69) is 22.8 Å². The molecule has 0 bridgehead atoms. The summed E-state index contributed by atoms with van der Waals surface area (Å²) in [5.74, 6) is 10.9. The highest BCUT2D eigenvalue weighted by atomic mass is 16.1. The molecule has 0 heterocycles. The van der Waals surface area contributed by atoms with Crippen molar-refractivity contribution in [2.24, 2.45) is 16.8 Å². The van der Waals surface area contributed by atoms with Crippen LogP contribution in [0.4, 0.5) is 0 Å². The lowest BCUT2D eigenvalue weighted by atomic mass is 10.1. The lowest BCUT2D eigenvalue weighted by Crippen LogP contribution is -2.32. The number of carbonyl (C=O) groups excluding carboxylic acids is 1. The Kier molecular flexibility index (Phi) is 6.33. The maximum Gasteiger partial charge on any atom is 0.251 e. The number of rotatable bonds is 5. The summed E-state index contributed by atoms with van der Waals surface area (Å²) in [4.78, 5) is 12.3. The number of hydrogen-bond donors (Lipinski definition) is 4. The van der Waals surface area contributed by atoms with E-state index < -0.39 is 0 Å². The van der Waals surface area contributed by atoms with Gasteiger partial charge < -0.3 is 16.6 Å². The van der Waals surface area contributed by atoms with Gasteiger partial charge in [0.1, 0.15) is 0 Å². The van der Waals surface area contributed by atoms with Crippen molar-refractivity contribution in [2.75, 3.05) is 0 Å². The van der Waals surface area contributed by atoms with E-state index in [0.717, 1.165) is 24.0 Å². The number of amidine groups is 1. The smallest absolute Gasteiger partial charge is 0.251 e. The average molecular weight is 325 g/mol. The summed E-state index contributed by atoms with van der Waals surface area (Å²) in [5, 5.41) is 6.48. The first-order chi connectivity index (χ1) is 11.7. The third kappa shape index (κ3) is 4.57. The van der Waals surface area contributed by atoms with E-state index in [1.54, 1.807) is 0 Å². The minimum Gasteiger partial charge on any atom is -0.348 e. The number of nitrogens with one attached hydrogen (secondary N) is 2. The topological polar surface area (TPSA) is 106 Å². The largest absolute Gasteiger partial charge is 0.348 e. The SMILES string of the molecule is CCC1=CC=C(C(=O)NCc2ccc(/C(=N/N)NN)cc2)C=CC1. The number of nitrogens with zero attached hydrogens (tertiary/aromatic N) is 1. The van der Waals surface area contributed by atoms with Gasteiger partial charge in [-0.1, -0.05) is 55.0 Å². The number of carbonyl (C=O) groups is 1. The van der Waals surface area contributed by atoms with Crippen LogP contribution >= 0.6 is 0 Å². The Morgan fingerprint density at radius 2 is 2.00 bits per heavy atom. The van der Waals surface area contributed by atoms with Crippen molar-refractivity contribution >= 4 is 11.7 Å². The highest BCUT2D eigenvalue weighted by Gasteiger charge is 2.08.